The second-order valence-corrected chi connectivity index (χ2v) is 4.69. The number of Topliss-reactive ketones (excluding diaryl/α,β-unsaturated/α-hetero) is 1. The summed E-state index contributed by atoms with van der Waals surface area (Å²) < 4.78 is 37.9. The Bertz CT molecular complexity index is 473. The van der Waals surface area contributed by atoms with Crippen LogP contribution in [0.4, 0.5) is 19.0 Å². The second-order valence-electron chi connectivity index (χ2n) is 4.69. The molecule has 1 aromatic heterocycles. The Morgan fingerprint density at radius 1 is 1.37 bits per heavy atom. The van der Waals surface area contributed by atoms with Crippen molar-refractivity contribution in [2.75, 3.05) is 11.4 Å². The molecule has 1 saturated heterocycles. The fraction of sp³-hybridized carbons (Fsp3) is 0.538. The minimum atomic E-state index is -4.46. The van der Waals surface area contributed by atoms with E-state index in [1.807, 2.05) is 0 Å². The summed E-state index contributed by atoms with van der Waals surface area (Å²) in [4.78, 5) is 16.9. The lowest BCUT2D eigenvalue weighted by Gasteiger charge is -2.35. The van der Waals surface area contributed by atoms with Gasteiger partial charge in [0.1, 0.15) is 11.5 Å². The standard InChI is InChI=1S/C13H15F3N2O/c1-9(19)10-5-2-3-8-18(10)12-7-4-6-11(17-12)13(14,15)16/h4,6-7,10H,2-3,5,8H2,1H3. The molecule has 0 spiro atoms. The summed E-state index contributed by atoms with van der Waals surface area (Å²) in [7, 11) is 0. The minimum absolute atomic E-state index is 0.0288. The maximum Gasteiger partial charge on any atom is 0.433 e. The van der Waals surface area contributed by atoms with Gasteiger partial charge in [-0.15, -0.1) is 0 Å². The first kappa shape index (κ1) is 13.8. The first-order valence-electron chi connectivity index (χ1n) is 6.21. The summed E-state index contributed by atoms with van der Waals surface area (Å²) in [5.41, 5.74) is -0.919. The normalized spacial score (nSPS) is 20.4. The van der Waals surface area contributed by atoms with E-state index < -0.39 is 11.9 Å². The molecule has 1 aromatic rings. The smallest absolute Gasteiger partial charge is 0.347 e. The third kappa shape index (κ3) is 3.05. The van der Waals surface area contributed by atoms with Crippen molar-refractivity contribution < 1.29 is 18.0 Å². The molecule has 2 rings (SSSR count). The van der Waals surface area contributed by atoms with Gasteiger partial charge >= 0.3 is 6.18 Å². The monoisotopic (exact) mass is 272 g/mol. The number of halogens is 3. The molecular weight excluding hydrogens is 257 g/mol. The fourth-order valence-corrected chi connectivity index (χ4v) is 2.37. The van der Waals surface area contributed by atoms with Crippen LogP contribution in [0.2, 0.25) is 0 Å². The van der Waals surface area contributed by atoms with Gasteiger partial charge in [-0.3, -0.25) is 4.79 Å². The van der Waals surface area contributed by atoms with E-state index >= 15 is 0 Å². The first-order chi connectivity index (χ1) is 8.89. The Hall–Kier alpha value is -1.59. The van der Waals surface area contributed by atoms with Crippen LogP contribution in [0, 0.1) is 0 Å². The van der Waals surface area contributed by atoms with Gasteiger partial charge in [0.25, 0.3) is 0 Å². The Morgan fingerprint density at radius 3 is 2.74 bits per heavy atom. The Balaban J connectivity index is 2.32. The van der Waals surface area contributed by atoms with Crippen LogP contribution < -0.4 is 4.90 Å². The van der Waals surface area contributed by atoms with Crippen LogP contribution in [0.5, 0.6) is 0 Å². The van der Waals surface area contributed by atoms with Crippen LogP contribution in [0.1, 0.15) is 31.9 Å². The van der Waals surface area contributed by atoms with E-state index in [1.54, 1.807) is 4.90 Å². The van der Waals surface area contributed by atoms with Crippen molar-refractivity contribution in [3.05, 3.63) is 23.9 Å². The number of anilines is 1. The molecule has 2 heterocycles. The Morgan fingerprint density at radius 2 is 2.11 bits per heavy atom. The van der Waals surface area contributed by atoms with Gasteiger partial charge in [0.05, 0.1) is 6.04 Å². The highest BCUT2D eigenvalue weighted by Crippen LogP contribution is 2.30. The molecule has 1 fully saturated rings. The zero-order valence-corrected chi connectivity index (χ0v) is 10.6. The predicted octanol–water partition coefficient (Wildman–Crippen LogP) is 3.05. The van der Waals surface area contributed by atoms with E-state index in [2.05, 4.69) is 4.98 Å². The summed E-state index contributed by atoms with van der Waals surface area (Å²) in [5.74, 6) is 0.202. The Labute approximate surface area is 109 Å². The van der Waals surface area contributed by atoms with E-state index in [0.717, 1.165) is 18.9 Å². The van der Waals surface area contributed by atoms with Crippen LogP contribution in [0.3, 0.4) is 0 Å². The molecule has 6 heteroatoms. The second kappa shape index (κ2) is 5.19. The summed E-state index contributed by atoms with van der Waals surface area (Å²) in [6.45, 7) is 2.04. The number of pyridine rings is 1. The summed E-state index contributed by atoms with van der Waals surface area (Å²) in [6.07, 6.45) is -2.01. The highest BCUT2D eigenvalue weighted by atomic mass is 19.4. The highest BCUT2D eigenvalue weighted by Gasteiger charge is 2.34. The summed E-state index contributed by atoms with van der Waals surface area (Å²) in [5, 5.41) is 0. The van der Waals surface area contributed by atoms with Crippen LogP contribution in [-0.2, 0) is 11.0 Å². The number of piperidine rings is 1. The molecular formula is C13H15F3N2O. The third-order valence-electron chi connectivity index (χ3n) is 3.29. The maximum atomic E-state index is 12.6. The number of rotatable bonds is 2. The molecule has 0 amide bonds. The number of carbonyl (C=O) groups is 1. The molecule has 0 saturated carbocycles. The fourth-order valence-electron chi connectivity index (χ4n) is 2.37. The number of carbonyl (C=O) groups excluding carboxylic acids is 1. The van der Waals surface area contributed by atoms with Crippen LogP contribution in [-0.4, -0.2) is 23.4 Å². The highest BCUT2D eigenvalue weighted by molar-refractivity contribution is 5.84. The first-order valence-corrected chi connectivity index (χ1v) is 6.21. The average Bonchev–Trinajstić information content (AvgIpc) is 2.38. The molecule has 0 bridgehead atoms. The number of ketones is 1. The van der Waals surface area contributed by atoms with Crippen molar-refractivity contribution >= 4 is 11.6 Å². The number of aromatic nitrogens is 1. The van der Waals surface area contributed by atoms with Crippen LogP contribution >= 0.6 is 0 Å². The summed E-state index contributed by atoms with van der Waals surface area (Å²) >= 11 is 0. The van der Waals surface area contributed by atoms with E-state index in [4.69, 9.17) is 0 Å². The molecule has 1 atom stereocenters. The van der Waals surface area contributed by atoms with Crippen molar-refractivity contribution in [1.82, 2.24) is 4.98 Å². The lowest BCUT2D eigenvalue weighted by Crippen LogP contribution is -2.44. The van der Waals surface area contributed by atoms with Crippen molar-refractivity contribution in [2.24, 2.45) is 0 Å². The van der Waals surface area contributed by atoms with Gasteiger partial charge in [0.2, 0.25) is 0 Å². The van der Waals surface area contributed by atoms with E-state index in [0.29, 0.717) is 13.0 Å². The molecule has 0 radical (unpaired) electrons. The van der Waals surface area contributed by atoms with Crippen LogP contribution in [0.25, 0.3) is 0 Å². The van der Waals surface area contributed by atoms with Gasteiger partial charge in [-0.1, -0.05) is 6.07 Å². The topological polar surface area (TPSA) is 33.2 Å². The predicted molar refractivity (Wildman–Crippen MR) is 64.9 cm³/mol. The van der Waals surface area contributed by atoms with Gasteiger partial charge in [-0.25, -0.2) is 4.98 Å². The van der Waals surface area contributed by atoms with E-state index in [1.165, 1.54) is 19.1 Å². The molecule has 1 unspecified atom stereocenters. The summed E-state index contributed by atoms with van der Waals surface area (Å²) in [6, 6.07) is 3.44. The number of alkyl halides is 3. The van der Waals surface area contributed by atoms with E-state index in [9.17, 15) is 18.0 Å². The molecule has 19 heavy (non-hydrogen) atoms. The van der Waals surface area contributed by atoms with Gasteiger partial charge in [0, 0.05) is 6.54 Å². The van der Waals surface area contributed by atoms with Crippen molar-refractivity contribution in [1.29, 1.82) is 0 Å². The maximum absolute atomic E-state index is 12.6. The molecule has 0 N–H and O–H groups in total. The van der Waals surface area contributed by atoms with Gasteiger partial charge in [-0.2, -0.15) is 13.2 Å². The van der Waals surface area contributed by atoms with E-state index in [-0.39, 0.29) is 17.6 Å². The lowest BCUT2D eigenvalue weighted by atomic mass is 9.99. The minimum Gasteiger partial charge on any atom is -0.347 e. The van der Waals surface area contributed by atoms with Crippen molar-refractivity contribution in [2.45, 2.75) is 38.4 Å². The Kier molecular flexibility index (Phi) is 3.78. The van der Waals surface area contributed by atoms with Gasteiger partial charge in [-0.05, 0) is 38.3 Å². The molecule has 1 aliphatic rings. The van der Waals surface area contributed by atoms with Gasteiger partial charge in [0.15, 0.2) is 5.78 Å². The molecule has 3 nitrogen and oxygen atoms in total. The number of hydrogen-bond acceptors (Lipinski definition) is 3. The number of hydrogen-bond donors (Lipinski definition) is 0. The van der Waals surface area contributed by atoms with Crippen molar-refractivity contribution in [3.63, 3.8) is 0 Å². The molecule has 0 aliphatic carbocycles. The van der Waals surface area contributed by atoms with Gasteiger partial charge < -0.3 is 4.90 Å². The van der Waals surface area contributed by atoms with Crippen LogP contribution in [0.15, 0.2) is 18.2 Å². The van der Waals surface area contributed by atoms with Crippen molar-refractivity contribution in [3.8, 4) is 0 Å². The quantitative estimate of drug-likeness (QED) is 0.829. The SMILES string of the molecule is CC(=O)C1CCCCN1c1cccc(C(F)(F)F)n1. The molecule has 0 aromatic carbocycles. The molecule has 104 valence electrons. The zero-order valence-electron chi connectivity index (χ0n) is 10.6. The average molecular weight is 272 g/mol. The molecule has 1 aliphatic heterocycles. The zero-order chi connectivity index (χ0) is 14.0. The number of nitrogens with zero attached hydrogens (tertiary/aromatic N) is 2. The third-order valence-corrected chi connectivity index (χ3v) is 3.29. The lowest BCUT2D eigenvalue weighted by molar-refractivity contribution is -0.141. The largest absolute Gasteiger partial charge is 0.433 e.